The highest BCUT2D eigenvalue weighted by atomic mass is 35.5. The van der Waals surface area contributed by atoms with Crippen LogP contribution in [0.25, 0.3) is 10.9 Å². The van der Waals surface area contributed by atoms with Crippen LogP contribution < -0.4 is 5.56 Å². The Balaban J connectivity index is 2.76. The molecule has 11 heteroatoms. The van der Waals surface area contributed by atoms with Gasteiger partial charge in [0.05, 0.1) is 10.5 Å². The topological polar surface area (TPSA) is 117 Å². The van der Waals surface area contributed by atoms with E-state index in [0.29, 0.717) is 30.3 Å². The number of fused-ring (bicyclic) bond motifs is 1. The van der Waals surface area contributed by atoms with E-state index >= 15 is 0 Å². The van der Waals surface area contributed by atoms with E-state index in [-0.39, 0.29) is 20.8 Å². The summed E-state index contributed by atoms with van der Waals surface area (Å²) in [5.74, 6) is 0. The second-order valence-corrected chi connectivity index (χ2v) is 9.48. The van der Waals surface area contributed by atoms with Crippen LogP contribution in [0.15, 0.2) is 34.0 Å². The number of hydrogen-bond donors (Lipinski definition) is 2. The summed E-state index contributed by atoms with van der Waals surface area (Å²) < 4.78 is 39.1. The average Bonchev–Trinajstić information content (AvgIpc) is 2.52. The van der Waals surface area contributed by atoms with Gasteiger partial charge in [-0.25, -0.2) is 17.3 Å². The summed E-state index contributed by atoms with van der Waals surface area (Å²) in [6.45, 7) is 4.37. The van der Waals surface area contributed by atoms with Crippen LogP contribution in [0.2, 0.25) is 5.02 Å². The highest BCUT2D eigenvalue weighted by Crippen LogP contribution is 2.39. The Kier molecular flexibility index (Phi) is 6.32. The molecule has 0 fully saturated rings. The third-order valence-electron chi connectivity index (χ3n) is 3.75. The molecule has 0 spiro atoms. The van der Waals surface area contributed by atoms with E-state index in [2.05, 4.69) is 0 Å². The molecule has 0 aliphatic carbocycles. The Hall–Kier alpha value is -1.22. The second kappa shape index (κ2) is 7.80. The minimum atomic E-state index is -4.93. The van der Waals surface area contributed by atoms with Crippen LogP contribution in [0.4, 0.5) is 0 Å². The number of pyridine rings is 1. The van der Waals surface area contributed by atoms with Gasteiger partial charge in [0.15, 0.2) is 0 Å². The van der Waals surface area contributed by atoms with Gasteiger partial charge in [-0.2, -0.15) is 4.31 Å². The summed E-state index contributed by atoms with van der Waals surface area (Å²) in [4.78, 5) is 30.5. The van der Waals surface area contributed by atoms with Crippen LogP contribution in [0.1, 0.15) is 26.7 Å². The molecule has 2 N–H and O–H groups in total. The van der Waals surface area contributed by atoms with Gasteiger partial charge >= 0.3 is 7.75 Å². The Morgan fingerprint density at radius 1 is 1.15 bits per heavy atom. The molecule has 0 amide bonds. The minimum absolute atomic E-state index is 0.132. The van der Waals surface area contributed by atoms with E-state index in [4.69, 9.17) is 11.6 Å². The van der Waals surface area contributed by atoms with Gasteiger partial charge in [0.25, 0.3) is 5.56 Å². The third kappa shape index (κ3) is 4.03. The Morgan fingerprint density at radius 3 is 2.23 bits per heavy atom. The molecule has 26 heavy (non-hydrogen) atoms. The lowest BCUT2D eigenvalue weighted by Gasteiger charge is -2.22. The Morgan fingerprint density at radius 2 is 1.73 bits per heavy atom. The van der Waals surface area contributed by atoms with Crippen LogP contribution in [0.3, 0.4) is 0 Å². The first kappa shape index (κ1) is 21.1. The molecule has 2 aromatic rings. The van der Waals surface area contributed by atoms with Crippen molar-refractivity contribution in [3.63, 3.8) is 0 Å². The van der Waals surface area contributed by atoms with Gasteiger partial charge in [0, 0.05) is 24.5 Å². The van der Waals surface area contributed by atoms with Gasteiger partial charge in [0.2, 0.25) is 10.0 Å². The fourth-order valence-corrected chi connectivity index (χ4v) is 5.62. The number of nitrogens with zero attached hydrogens (tertiary/aromatic N) is 2. The summed E-state index contributed by atoms with van der Waals surface area (Å²) >= 11 is 6.13. The summed E-state index contributed by atoms with van der Waals surface area (Å²) in [7, 11) is -8.82. The first-order valence-electron chi connectivity index (χ1n) is 7.95. The SMILES string of the molecule is CCCN(CCC)S(=O)(=O)c1cc2ccc(=O)n(P(=O)(O)O)c2cc1Cl. The van der Waals surface area contributed by atoms with E-state index < -0.39 is 23.3 Å². The van der Waals surface area contributed by atoms with Crippen LogP contribution in [0, 0.1) is 0 Å². The summed E-state index contributed by atoms with van der Waals surface area (Å²) in [6, 6.07) is 4.61. The van der Waals surface area contributed by atoms with Crippen LogP contribution in [-0.2, 0) is 14.6 Å². The lowest BCUT2D eigenvalue weighted by Crippen LogP contribution is -2.32. The van der Waals surface area contributed by atoms with Crippen molar-refractivity contribution >= 4 is 40.3 Å². The molecule has 0 saturated carbocycles. The Bertz CT molecular complexity index is 1020. The highest BCUT2D eigenvalue weighted by Gasteiger charge is 2.28. The quantitative estimate of drug-likeness (QED) is 0.662. The van der Waals surface area contributed by atoms with Crippen molar-refractivity contribution in [1.82, 2.24) is 8.64 Å². The fraction of sp³-hybridized carbons (Fsp3) is 0.400. The maximum Gasteiger partial charge on any atom is 0.437 e. The molecule has 1 aromatic carbocycles. The van der Waals surface area contributed by atoms with Crippen molar-refractivity contribution in [3.05, 3.63) is 39.6 Å². The number of hydrogen-bond acceptors (Lipinski definition) is 4. The fourth-order valence-electron chi connectivity index (χ4n) is 2.68. The number of aromatic nitrogens is 1. The molecule has 0 aliphatic rings. The van der Waals surface area contributed by atoms with Crippen molar-refractivity contribution in [1.29, 1.82) is 0 Å². The smallest absolute Gasteiger partial charge is 0.308 e. The molecule has 1 aromatic heterocycles. The molecule has 0 saturated heterocycles. The standard InChI is InChI=1S/C15H20ClN2O6PS/c1-3-7-17(8-4-2)26(23,24)14-9-11-5-6-15(19)18(25(20,21)22)13(11)10-12(14)16/h5-6,9-10H,3-4,7-8H2,1-2H3,(H2,20,21,22). The molecule has 0 bridgehead atoms. The van der Waals surface area contributed by atoms with Crippen LogP contribution in [0.5, 0.6) is 0 Å². The van der Waals surface area contributed by atoms with E-state index in [1.165, 1.54) is 16.4 Å². The van der Waals surface area contributed by atoms with Crippen molar-refractivity contribution < 1.29 is 22.8 Å². The van der Waals surface area contributed by atoms with Gasteiger partial charge in [-0.15, -0.1) is 0 Å². The lowest BCUT2D eigenvalue weighted by molar-refractivity contribution is 0.361. The molecule has 0 atom stereocenters. The number of benzene rings is 1. The Labute approximate surface area is 156 Å². The molecule has 0 radical (unpaired) electrons. The summed E-state index contributed by atoms with van der Waals surface area (Å²) in [5, 5.41) is -0.0219. The third-order valence-corrected chi connectivity index (χ3v) is 7.04. The first-order chi connectivity index (χ1) is 12.0. The van der Waals surface area contributed by atoms with Crippen molar-refractivity contribution in [2.24, 2.45) is 0 Å². The molecule has 0 unspecified atom stereocenters. The van der Waals surface area contributed by atoms with Crippen LogP contribution >= 0.6 is 19.3 Å². The summed E-state index contributed by atoms with van der Waals surface area (Å²) in [6.07, 6.45) is 1.25. The van der Waals surface area contributed by atoms with Gasteiger partial charge in [-0.1, -0.05) is 25.4 Å². The predicted molar refractivity (Wildman–Crippen MR) is 100 cm³/mol. The molecular formula is C15H20ClN2O6PS. The van der Waals surface area contributed by atoms with Gasteiger partial charge in [-0.05, 0) is 31.0 Å². The number of halogens is 1. The van der Waals surface area contributed by atoms with Crippen molar-refractivity contribution in [3.8, 4) is 0 Å². The zero-order chi connectivity index (χ0) is 19.7. The average molecular weight is 423 g/mol. The van der Waals surface area contributed by atoms with E-state index in [0.717, 1.165) is 12.1 Å². The monoisotopic (exact) mass is 422 g/mol. The van der Waals surface area contributed by atoms with E-state index in [9.17, 15) is 27.6 Å². The zero-order valence-electron chi connectivity index (χ0n) is 14.3. The molecule has 1 heterocycles. The number of rotatable bonds is 7. The maximum absolute atomic E-state index is 12.9. The second-order valence-electron chi connectivity index (χ2n) is 5.74. The van der Waals surface area contributed by atoms with Crippen molar-refractivity contribution in [2.75, 3.05) is 13.1 Å². The lowest BCUT2D eigenvalue weighted by atomic mass is 10.2. The van der Waals surface area contributed by atoms with Crippen molar-refractivity contribution in [2.45, 2.75) is 31.6 Å². The molecular weight excluding hydrogens is 403 g/mol. The number of sulfonamides is 1. The van der Waals surface area contributed by atoms with Crippen LogP contribution in [-0.4, -0.2) is 39.9 Å². The molecule has 0 aliphatic heterocycles. The maximum atomic E-state index is 12.9. The normalized spacial score (nSPS) is 12.8. The molecule has 2 rings (SSSR count). The van der Waals surface area contributed by atoms with E-state index in [1.54, 1.807) is 0 Å². The molecule has 144 valence electrons. The van der Waals surface area contributed by atoms with Gasteiger partial charge < -0.3 is 9.79 Å². The van der Waals surface area contributed by atoms with E-state index in [1.807, 2.05) is 13.8 Å². The molecule has 8 nitrogen and oxygen atoms in total. The first-order valence-corrected chi connectivity index (χ1v) is 11.3. The highest BCUT2D eigenvalue weighted by molar-refractivity contribution is 7.89. The summed E-state index contributed by atoms with van der Waals surface area (Å²) in [5.41, 5.74) is -1.04. The zero-order valence-corrected chi connectivity index (χ0v) is 16.8. The van der Waals surface area contributed by atoms with Gasteiger partial charge in [0.1, 0.15) is 4.90 Å². The predicted octanol–water partition coefficient (Wildman–Crippen LogP) is 2.41. The largest absolute Gasteiger partial charge is 0.437 e. The minimum Gasteiger partial charge on any atom is -0.308 e. The van der Waals surface area contributed by atoms with Gasteiger partial charge in [-0.3, -0.25) is 4.79 Å².